The van der Waals surface area contributed by atoms with Crippen molar-refractivity contribution in [1.29, 1.82) is 0 Å². The quantitative estimate of drug-likeness (QED) is 0.790. The van der Waals surface area contributed by atoms with Crippen molar-refractivity contribution in [3.63, 3.8) is 0 Å². The summed E-state index contributed by atoms with van der Waals surface area (Å²) in [4.78, 5) is 5.54. The smallest absolute Gasteiger partial charge is 0.0538 e. The van der Waals surface area contributed by atoms with E-state index in [4.69, 9.17) is 4.74 Å². The highest BCUT2D eigenvalue weighted by Crippen LogP contribution is 2.47. The van der Waals surface area contributed by atoms with Crippen LogP contribution in [-0.2, 0) is 4.74 Å². The van der Waals surface area contributed by atoms with Gasteiger partial charge in [0, 0.05) is 50.3 Å². The minimum Gasteiger partial charge on any atom is -0.381 e. The van der Waals surface area contributed by atoms with E-state index in [-0.39, 0.29) is 0 Å². The van der Waals surface area contributed by atoms with Crippen LogP contribution in [0, 0.1) is 17.3 Å². The lowest BCUT2D eigenvalue weighted by atomic mass is 9.70. The third kappa shape index (κ3) is 2.65. The first kappa shape index (κ1) is 14.8. The van der Waals surface area contributed by atoms with Crippen LogP contribution in [0.25, 0.3) is 0 Å². The zero-order chi connectivity index (χ0) is 14.3. The van der Waals surface area contributed by atoms with Gasteiger partial charge in [0.25, 0.3) is 0 Å². The molecule has 4 rings (SSSR count). The molecule has 4 aliphatic rings. The summed E-state index contributed by atoms with van der Waals surface area (Å²) in [7, 11) is 0. The lowest BCUT2D eigenvalue weighted by Crippen LogP contribution is -2.57. The SMILES string of the molecule is CC(C)CN1CC2CN(C(C)C)CC1C1(CCOC1)C2. The summed E-state index contributed by atoms with van der Waals surface area (Å²) in [6.45, 7) is 16.5. The van der Waals surface area contributed by atoms with Crippen LogP contribution in [0.1, 0.15) is 40.5 Å². The van der Waals surface area contributed by atoms with E-state index in [1.165, 1.54) is 39.0 Å². The molecule has 20 heavy (non-hydrogen) atoms. The van der Waals surface area contributed by atoms with Crippen molar-refractivity contribution in [1.82, 2.24) is 9.80 Å². The Morgan fingerprint density at radius 2 is 1.95 bits per heavy atom. The minimum absolute atomic E-state index is 0.460. The van der Waals surface area contributed by atoms with Crippen molar-refractivity contribution in [2.75, 3.05) is 39.4 Å². The van der Waals surface area contributed by atoms with E-state index in [2.05, 4.69) is 37.5 Å². The molecular formula is C17H32N2O. The Balaban J connectivity index is 1.86. The van der Waals surface area contributed by atoms with Crippen molar-refractivity contribution in [3.8, 4) is 0 Å². The molecule has 0 saturated carbocycles. The van der Waals surface area contributed by atoms with Crippen LogP contribution < -0.4 is 0 Å². The first-order valence-corrected chi connectivity index (χ1v) is 8.56. The zero-order valence-electron chi connectivity index (χ0n) is 13.8. The highest BCUT2D eigenvalue weighted by molar-refractivity contribution is 5.05. The van der Waals surface area contributed by atoms with Gasteiger partial charge in [0.2, 0.25) is 0 Å². The Hall–Kier alpha value is -0.120. The molecule has 0 aromatic heterocycles. The van der Waals surface area contributed by atoms with Crippen molar-refractivity contribution >= 4 is 0 Å². The second-order valence-electron chi connectivity index (χ2n) is 8.15. The van der Waals surface area contributed by atoms with E-state index in [9.17, 15) is 0 Å². The van der Waals surface area contributed by atoms with E-state index in [1.54, 1.807) is 0 Å². The van der Waals surface area contributed by atoms with Crippen LogP contribution >= 0.6 is 0 Å². The first-order valence-electron chi connectivity index (χ1n) is 8.56. The molecule has 4 heterocycles. The van der Waals surface area contributed by atoms with Gasteiger partial charge in [-0.15, -0.1) is 0 Å². The number of piperidine rings is 1. The van der Waals surface area contributed by atoms with Crippen molar-refractivity contribution < 1.29 is 4.74 Å². The number of nitrogens with zero attached hydrogens (tertiary/aromatic N) is 2. The maximum Gasteiger partial charge on any atom is 0.0538 e. The molecule has 4 fully saturated rings. The van der Waals surface area contributed by atoms with Crippen LogP contribution in [-0.4, -0.2) is 61.3 Å². The van der Waals surface area contributed by atoms with E-state index in [0.29, 0.717) is 17.5 Å². The van der Waals surface area contributed by atoms with E-state index in [1.807, 2.05) is 0 Å². The summed E-state index contributed by atoms with van der Waals surface area (Å²) in [5.74, 6) is 1.61. The van der Waals surface area contributed by atoms with Crippen LogP contribution in [0.4, 0.5) is 0 Å². The summed E-state index contributed by atoms with van der Waals surface area (Å²) >= 11 is 0. The molecule has 3 heteroatoms. The third-order valence-corrected chi connectivity index (χ3v) is 5.70. The monoisotopic (exact) mass is 280 g/mol. The van der Waals surface area contributed by atoms with Crippen LogP contribution in [0.3, 0.4) is 0 Å². The molecule has 0 aromatic rings. The van der Waals surface area contributed by atoms with Crippen LogP contribution in [0.5, 0.6) is 0 Å². The fourth-order valence-electron chi connectivity index (χ4n) is 4.82. The van der Waals surface area contributed by atoms with Crippen LogP contribution in [0.15, 0.2) is 0 Å². The van der Waals surface area contributed by atoms with Crippen molar-refractivity contribution in [2.45, 2.75) is 52.6 Å². The molecule has 4 aliphatic heterocycles. The van der Waals surface area contributed by atoms with Gasteiger partial charge in [-0.3, -0.25) is 9.80 Å². The predicted molar refractivity (Wildman–Crippen MR) is 82.9 cm³/mol. The second-order valence-corrected chi connectivity index (χ2v) is 8.15. The van der Waals surface area contributed by atoms with Gasteiger partial charge in [-0.25, -0.2) is 0 Å². The summed E-state index contributed by atoms with van der Waals surface area (Å²) in [6, 6.07) is 1.39. The third-order valence-electron chi connectivity index (χ3n) is 5.70. The molecule has 2 bridgehead atoms. The Labute approximate surface area is 124 Å². The van der Waals surface area contributed by atoms with Gasteiger partial charge in [-0.05, 0) is 38.5 Å². The Bertz CT molecular complexity index is 336. The first-order chi connectivity index (χ1) is 9.50. The maximum absolute atomic E-state index is 5.85. The molecule has 3 atom stereocenters. The van der Waals surface area contributed by atoms with E-state index in [0.717, 1.165) is 25.0 Å². The standard InChI is InChI=1S/C17H32N2O/c1-13(2)8-19-10-15-7-17(5-6-20-12-17)16(19)11-18(9-15)14(3)4/h13-16H,5-12H2,1-4H3. The summed E-state index contributed by atoms with van der Waals surface area (Å²) in [5, 5.41) is 0. The molecule has 0 aromatic carbocycles. The lowest BCUT2D eigenvalue weighted by molar-refractivity contribution is -0.0125. The number of fused-ring (bicyclic) bond motifs is 3. The second kappa shape index (κ2) is 5.58. The molecule has 0 aliphatic carbocycles. The normalized spacial score (nSPS) is 39.3. The molecule has 4 saturated heterocycles. The highest BCUT2D eigenvalue weighted by atomic mass is 16.5. The van der Waals surface area contributed by atoms with E-state index >= 15 is 0 Å². The average Bonchev–Trinajstić information content (AvgIpc) is 2.64. The van der Waals surface area contributed by atoms with Gasteiger partial charge in [0.1, 0.15) is 0 Å². The van der Waals surface area contributed by atoms with Crippen molar-refractivity contribution in [2.24, 2.45) is 17.3 Å². The van der Waals surface area contributed by atoms with Crippen molar-refractivity contribution in [3.05, 3.63) is 0 Å². The molecule has 116 valence electrons. The molecule has 3 nitrogen and oxygen atoms in total. The maximum atomic E-state index is 5.85. The largest absolute Gasteiger partial charge is 0.381 e. The number of ether oxygens (including phenoxy) is 1. The van der Waals surface area contributed by atoms with Gasteiger partial charge >= 0.3 is 0 Å². The fourth-order valence-corrected chi connectivity index (χ4v) is 4.82. The minimum atomic E-state index is 0.460. The average molecular weight is 280 g/mol. The summed E-state index contributed by atoms with van der Waals surface area (Å²) in [6.07, 6.45) is 2.68. The van der Waals surface area contributed by atoms with E-state index < -0.39 is 0 Å². The molecule has 0 amide bonds. The predicted octanol–water partition coefficient (Wildman–Crippen LogP) is 2.46. The number of hydrogen-bond acceptors (Lipinski definition) is 3. The molecule has 0 N–H and O–H groups in total. The molecule has 3 unspecified atom stereocenters. The molecule has 1 spiro atoms. The topological polar surface area (TPSA) is 15.7 Å². The summed E-state index contributed by atoms with van der Waals surface area (Å²) < 4.78 is 5.85. The molecule has 0 radical (unpaired) electrons. The van der Waals surface area contributed by atoms with Gasteiger partial charge < -0.3 is 4.74 Å². The highest BCUT2D eigenvalue weighted by Gasteiger charge is 2.52. The zero-order valence-corrected chi connectivity index (χ0v) is 13.8. The van der Waals surface area contributed by atoms with Gasteiger partial charge in [-0.1, -0.05) is 13.8 Å². The number of hydrogen-bond donors (Lipinski definition) is 0. The Morgan fingerprint density at radius 3 is 2.55 bits per heavy atom. The summed E-state index contributed by atoms with van der Waals surface area (Å²) in [5.41, 5.74) is 0.460. The van der Waals surface area contributed by atoms with Crippen LogP contribution in [0.2, 0.25) is 0 Å². The fraction of sp³-hybridized carbons (Fsp3) is 1.00. The van der Waals surface area contributed by atoms with Gasteiger partial charge in [-0.2, -0.15) is 0 Å². The lowest BCUT2D eigenvalue weighted by Gasteiger charge is -2.49. The molecular weight excluding hydrogens is 248 g/mol. The Morgan fingerprint density at radius 1 is 1.15 bits per heavy atom. The number of rotatable bonds is 3. The van der Waals surface area contributed by atoms with Gasteiger partial charge in [0.05, 0.1) is 6.61 Å². The Kier molecular flexibility index (Phi) is 4.13. The van der Waals surface area contributed by atoms with Gasteiger partial charge in [0.15, 0.2) is 0 Å².